The summed E-state index contributed by atoms with van der Waals surface area (Å²) in [6.07, 6.45) is -0.311. The second-order valence-corrected chi connectivity index (χ2v) is 4.81. The Bertz CT molecular complexity index is 438. The lowest BCUT2D eigenvalue weighted by Gasteiger charge is -2.31. The molecule has 1 saturated heterocycles. The number of nitriles is 1. The van der Waals surface area contributed by atoms with Crippen LogP contribution >= 0.6 is 0 Å². The van der Waals surface area contributed by atoms with Gasteiger partial charge in [-0.3, -0.25) is 0 Å². The molecule has 0 radical (unpaired) electrons. The van der Waals surface area contributed by atoms with Crippen molar-refractivity contribution in [3.8, 4) is 6.07 Å². The van der Waals surface area contributed by atoms with Crippen molar-refractivity contribution in [2.45, 2.75) is 26.0 Å². The van der Waals surface area contributed by atoms with Gasteiger partial charge in [-0.1, -0.05) is 19.1 Å². The summed E-state index contributed by atoms with van der Waals surface area (Å²) in [4.78, 5) is 2.21. The average Bonchev–Trinajstić information content (AvgIpc) is 2.48. The summed E-state index contributed by atoms with van der Waals surface area (Å²) in [5.74, 6) is 0. The fourth-order valence-electron chi connectivity index (χ4n) is 2.36. The Kier molecular flexibility index (Phi) is 4.78. The Labute approximate surface area is 115 Å². The van der Waals surface area contributed by atoms with Crippen LogP contribution in [0.15, 0.2) is 24.3 Å². The highest BCUT2D eigenvalue weighted by atomic mass is 16.5. The van der Waals surface area contributed by atoms with E-state index in [1.54, 1.807) is 0 Å². The van der Waals surface area contributed by atoms with Gasteiger partial charge in [-0.15, -0.1) is 0 Å². The molecule has 19 heavy (non-hydrogen) atoms. The van der Waals surface area contributed by atoms with Crippen LogP contribution in [0.4, 0.5) is 5.69 Å². The normalized spacial score (nSPS) is 20.9. The Morgan fingerprint density at radius 2 is 2.21 bits per heavy atom. The lowest BCUT2D eigenvalue weighted by atomic mass is 10.1. The number of rotatable bonds is 4. The van der Waals surface area contributed by atoms with Crippen LogP contribution in [0.5, 0.6) is 0 Å². The van der Waals surface area contributed by atoms with Crippen LogP contribution in [0.2, 0.25) is 0 Å². The number of anilines is 1. The van der Waals surface area contributed by atoms with E-state index in [4.69, 9.17) is 10.00 Å². The van der Waals surface area contributed by atoms with Crippen molar-refractivity contribution in [1.29, 1.82) is 5.26 Å². The monoisotopic (exact) mass is 259 g/mol. The fraction of sp³-hybridized carbons (Fsp3) is 0.533. The lowest BCUT2D eigenvalue weighted by Crippen LogP contribution is -2.41. The largest absolute Gasteiger partial charge is 0.366 e. The highest BCUT2D eigenvalue weighted by molar-refractivity contribution is 5.48. The summed E-state index contributed by atoms with van der Waals surface area (Å²) in [7, 11) is 0. The predicted octanol–water partition coefficient (Wildman–Crippen LogP) is 2.09. The van der Waals surface area contributed by atoms with E-state index in [0.717, 1.165) is 18.8 Å². The van der Waals surface area contributed by atoms with Crippen molar-refractivity contribution >= 4 is 5.69 Å². The minimum Gasteiger partial charge on any atom is -0.366 e. The molecule has 1 heterocycles. The lowest BCUT2D eigenvalue weighted by molar-refractivity contribution is 0.0764. The van der Waals surface area contributed by atoms with Crippen LogP contribution < -0.4 is 10.2 Å². The summed E-state index contributed by atoms with van der Waals surface area (Å²) in [5, 5.41) is 12.3. The van der Waals surface area contributed by atoms with Gasteiger partial charge in [-0.2, -0.15) is 5.26 Å². The summed E-state index contributed by atoms with van der Waals surface area (Å²) < 4.78 is 5.36. The van der Waals surface area contributed by atoms with Crippen molar-refractivity contribution in [2.24, 2.45) is 0 Å². The quantitative estimate of drug-likeness (QED) is 0.899. The molecule has 0 aromatic heterocycles. The van der Waals surface area contributed by atoms with Crippen molar-refractivity contribution in [3.05, 3.63) is 29.8 Å². The molecule has 102 valence electrons. The van der Waals surface area contributed by atoms with Crippen LogP contribution in [0.1, 0.15) is 25.5 Å². The standard InChI is InChI=1S/C15H21N3O/c1-3-17-12(2)13-4-6-14(7-5-13)18-8-9-19-15(10-16)11-18/h4-7,12,15,17H,3,8-9,11H2,1-2H3. The molecular formula is C15H21N3O. The molecule has 0 saturated carbocycles. The minimum absolute atomic E-state index is 0.311. The minimum atomic E-state index is -0.311. The fourth-order valence-corrected chi connectivity index (χ4v) is 2.36. The van der Waals surface area contributed by atoms with E-state index in [1.165, 1.54) is 5.56 Å². The molecule has 0 amide bonds. The molecule has 0 spiro atoms. The van der Waals surface area contributed by atoms with Crippen molar-refractivity contribution in [3.63, 3.8) is 0 Å². The van der Waals surface area contributed by atoms with Crippen molar-refractivity contribution < 1.29 is 4.74 Å². The number of nitrogens with one attached hydrogen (secondary N) is 1. The van der Waals surface area contributed by atoms with Crippen LogP contribution in [0.25, 0.3) is 0 Å². The number of nitrogens with zero attached hydrogens (tertiary/aromatic N) is 2. The highest BCUT2D eigenvalue weighted by Gasteiger charge is 2.20. The van der Waals surface area contributed by atoms with E-state index < -0.39 is 0 Å². The molecular weight excluding hydrogens is 238 g/mol. The SMILES string of the molecule is CCNC(C)c1ccc(N2CCOC(C#N)C2)cc1. The third-order valence-corrected chi connectivity index (χ3v) is 3.48. The first kappa shape index (κ1) is 13.9. The van der Waals surface area contributed by atoms with Gasteiger partial charge in [-0.25, -0.2) is 0 Å². The van der Waals surface area contributed by atoms with Gasteiger partial charge in [0, 0.05) is 18.3 Å². The first-order chi connectivity index (χ1) is 9.24. The van der Waals surface area contributed by atoms with E-state index >= 15 is 0 Å². The molecule has 0 aliphatic carbocycles. The zero-order chi connectivity index (χ0) is 13.7. The molecule has 4 nitrogen and oxygen atoms in total. The van der Waals surface area contributed by atoms with Crippen molar-refractivity contribution in [1.82, 2.24) is 5.32 Å². The molecule has 1 aromatic rings. The second kappa shape index (κ2) is 6.55. The van der Waals surface area contributed by atoms with E-state index in [9.17, 15) is 0 Å². The van der Waals surface area contributed by atoms with Gasteiger partial charge in [0.15, 0.2) is 6.10 Å². The number of benzene rings is 1. The van der Waals surface area contributed by atoms with Crippen molar-refractivity contribution in [2.75, 3.05) is 31.1 Å². The Hall–Kier alpha value is -1.57. The highest BCUT2D eigenvalue weighted by Crippen LogP contribution is 2.21. The zero-order valence-electron chi connectivity index (χ0n) is 11.6. The summed E-state index contributed by atoms with van der Waals surface area (Å²) >= 11 is 0. The third-order valence-electron chi connectivity index (χ3n) is 3.48. The van der Waals surface area contributed by atoms with Gasteiger partial charge < -0.3 is 15.0 Å². The zero-order valence-corrected chi connectivity index (χ0v) is 11.6. The van der Waals surface area contributed by atoms with Gasteiger partial charge >= 0.3 is 0 Å². The molecule has 4 heteroatoms. The van der Waals surface area contributed by atoms with Gasteiger partial charge in [0.25, 0.3) is 0 Å². The number of morpholine rings is 1. The van der Waals surface area contributed by atoms with Gasteiger partial charge in [0.05, 0.1) is 19.2 Å². The molecule has 1 fully saturated rings. The Morgan fingerprint density at radius 1 is 1.47 bits per heavy atom. The number of hydrogen-bond donors (Lipinski definition) is 1. The van der Waals surface area contributed by atoms with Crippen LogP contribution in [-0.2, 0) is 4.74 Å². The van der Waals surface area contributed by atoms with Gasteiger partial charge in [0.2, 0.25) is 0 Å². The van der Waals surface area contributed by atoms with E-state index in [2.05, 4.69) is 54.4 Å². The topological polar surface area (TPSA) is 48.3 Å². The van der Waals surface area contributed by atoms with E-state index in [1.807, 2.05) is 0 Å². The first-order valence-electron chi connectivity index (χ1n) is 6.84. The van der Waals surface area contributed by atoms with Crippen LogP contribution in [0.3, 0.4) is 0 Å². The third kappa shape index (κ3) is 3.46. The maximum Gasteiger partial charge on any atom is 0.161 e. The Morgan fingerprint density at radius 3 is 2.84 bits per heavy atom. The summed E-state index contributed by atoms with van der Waals surface area (Å²) in [5.41, 5.74) is 2.45. The van der Waals surface area contributed by atoms with E-state index in [0.29, 0.717) is 19.2 Å². The molecule has 2 unspecified atom stereocenters. The molecule has 2 rings (SSSR count). The van der Waals surface area contributed by atoms with Crippen LogP contribution in [0, 0.1) is 11.3 Å². The average molecular weight is 259 g/mol. The Balaban J connectivity index is 2.04. The maximum atomic E-state index is 8.92. The molecule has 1 aliphatic heterocycles. The second-order valence-electron chi connectivity index (χ2n) is 4.81. The van der Waals surface area contributed by atoms with Crippen LogP contribution in [-0.4, -0.2) is 32.3 Å². The number of ether oxygens (including phenoxy) is 1. The molecule has 1 aliphatic rings. The molecule has 0 bridgehead atoms. The van der Waals surface area contributed by atoms with Gasteiger partial charge in [-0.05, 0) is 31.2 Å². The summed E-state index contributed by atoms with van der Waals surface area (Å²) in [6.45, 7) is 7.36. The number of hydrogen-bond acceptors (Lipinski definition) is 4. The first-order valence-corrected chi connectivity index (χ1v) is 6.84. The molecule has 1 N–H and O–H groups in total. The van der Waals surface area contributed by atoms with Gasteiger partial charge in [0.1, 0.15) is 0 Å². The van der Waals surface area contributed by atoms with E-state index in [-0.39, 0.29) is 6.10 Å². The predicted molar refractivity (Wildman–Crippen MR) is 76.1 cm³/mol. The maximum absolute atomic E-state index is 8.92. The molecule has 1 aromatic carbocycles. The summed E-state index contributed by atoms with van der Waals surface area (Å²) in [6, 6.07) is 11.1. The smallest absolute Gasteiger partial charge is 0.161 e. The molecule has 2 atom stereocenters.